The van der Waals surface area contributed by atoms with E-state index in [4.69, 9.17) is 4.42 Å². The fourth-order valence-electron chi connectivity index (χ4n) is 2.77. The number of hydrogen-bond acceptors (Lipinski definition) is 4. The third-order valence-corrected chi connectivity index (χ3v) is 4.00. The van der Waals surface area contributed by atoms with Crippen molar-refractivity contribution in [3.8, 4) is 11.5 Å². The highest BCUT2D eigenvalue weighted by molar-refractivity contribution is 5.52. The molecule has 1 aromatic carbocycles. The Bertz CT molecular complexity index is 586. The van der Waals surface area contributed by atoms with E-state index >= 15 is 0 Å². The minimum absolute atomic E-state index is 0.256. The van der Waals surface area contributed by atoms with Crippen LogP contribution in [0.1, 0.15) is 19.5 Å². The molecule has 1 aromatic heterocycles. The molecule has 1 aliphatic rings. The summed E-state index contributed by atoms with van der Waals surface area (Å²) in [6.07, 6.45) is 1.69. The Balaban J connectivity index is 1.74. The first kappa shape index (κ1) is 14.2. The van der Waals surface area contributed by atoms with Gasteiger partial charge in [0.1, 0.15) is 12.1 Å². The normalized spacial score (nSPS) is 23.4. The quantitative estimate of drug-likeness (QED) is 0.943. The molecule has 1 N–H and O–H groups in total. The summed E-state index contributed by atoms with van der Waals surface area (Å²) in [7, 11) is 0. The fourth-order valence-corrected chi connectivity index (χ4v) is 2.77. The number of nitrogens with zero attached hydrogens (tertiary/aromatic N) is 2. The molecular weight excluding hydrogens is 269 g/mol. The van der Waals surface area contributed by atoms with Gasteiger partial charge in [0, 0.05) is 37.3 Å². The second kappa shape index (κ2) is 5.95. The molecule has 112 valence electrons. The van der Waals surface area contributed by atoms with Crippen LogP contribution in [0.5, 0.6) is 0 Å². The number of halogens is 1. The SMILES string of the molecule is CC1CNCC(C)N1Cc1coc(-c2ccc(F)cc2)n1. The van der Waals surface area contributed by atoms with Gasteiger partial charge >= 0.3 is 0 Å². The molecule has 1 aliphatic heterocycles. The van der Waals surface area contributed by atoms with Crippen molar-refractivity contribution in [3.63, 3.8) is 0 Å². The number of benzene rings is 1. The van der Waals surface area contributed by atoms with Crippen LogP contribution in [0.15, 0.2) is 34.9 Å². The lowest BCUT2D eigenvalue weighted by molar-refractivity contribution is 0.107. The largest absolute Gasteiger partial charge is 0.444 e. The van der Waals surface area contributed by atoms with Crippen LogP contribution in [0.25, 0.3) is 11.5 Å². The standard InChI is InChI=1S/C16H20FN3O/c1-11-7-18-8-12(2)20(11)9-15-10-21-16(19-15)13-3-5-14(17)6-4-13/h3-6,10-12,18H,7-9H2,1-2H3. The number of oxazole rings is 1. The Labute approximate surface area is 124 Å². The van der Waals surface area contributed by atoms with Crippen LogP contribution in [-0.4, -0.2) is 35.1 Å². The van der Waals surface area contributed by atoms with Crippen LogP contribution >= 0.6 is 0 Å². The molecule has 1 saturated heterocycles. The molecule has 0 radical (unpaired) electrons. The number of nitrogens with one attached hydrogen (secondary N) is 1. The Kier molecular flexibility index (Phi) is 4.03. The molecule has 3 rings (SSSR count). The lowest BCUT2D eigenvalue weighted by Gasteiger charge is -2.38. The number of hydrogen-bond donors (Lipinski definition) is 1. The molecule has 4 nitrogen and oxygen atoms in total. The van der Waals surface area contributed by atoms with Gasteiger partial charge in [0.05, 0.1) is 5.69 Å². The minimum atomic E-state index is -0.256. The van der Waals surface area contributed by atoms with Crippen molar-refractivity contribution in [2.24, 2.45) is 0 Å². The Hall–Kier alpha value is -1.72. The predicted octanol–water partition coefficient (Wildman–Crippen LogP) is 2.66. The summed E-state index contributed by atoms with van der Waals surface area (Å²) >= 11 is 0. The number of piperazine rings is 1. The summed E-state index contributed by atoms with van der Waals surface area (Å²) in [5.41, 5.74) is 1.71. The van der Waals surface area contributed by atoms with Crippen LogP contribution in [0.3, 0.4) is 0 Å². The molecular formula is C16H20FN3O. The summed E-state index contributed by atoms with van der Waals surface area (Å²) in [6.45, 7) is 7.18. The van der Waals surface area contributed by atoms with Gasteiger partial charge < -0.3 is 9.73 Å². The molecule has 0 spiro atoms. The third-order valence-electron chi connectivity index (χ3n) is 4.00. The van der Waals surface area contributed by atoms with Crippen LogP contribution in [0.2, 0.25) is 0 Å². The van der Waals surface area contributed by atoms with E-state index in [-0.39, 0.29) is 5.82 Å². The second-order valence-corrected chi connectivity index (χ2v) is 5.68. The molecule has 2 heterocycles. The van der Waals surface area contributed by atoms with Crippen LogP contribution in [-0.2, 0) is 6.54 Å². The van der Waals surface area contributed by atoms with Crippen molar-refractivity contribution < 1.29 is 8.81 Å². The van der Waals surface area contributed by atoms with Gasteiger partial charge in [-0.25, -0.2) is 9.37 Å². The van der Waals surface area contributed by atoms with E-state index in [9.17, 15) is 4.39 Å². The zero-order valence-electron chi connectivity index (χ0n) is 12.3. The molecule has 21 heavy (non-hydrogen) atoms. The average molecular weight is 289 g/mol. The van der Waals surface area contributed by atoms with E-state index in [0.717, 1.165) is 30.9 Å². The Morgan fingerprint density at radius 3 is 2.57 bits per heavy atom. The van der Waals surface area contributed by atoms with E-state index in [2.05, 4.69) is 29.0 Å². The minimum Gasteiger partial charge on any atom is -0.444 e. The van der Waals surface area contributed by atoms with Crippen LogP contribution in [0, 0.1) is 5.82 Å². The Morgan fingerprint density at radius 2 is 1.90 bits per heavy atom. The lowest BCUT2D eigenvalue weighted by atomic mass is 10.1. The van der Waals surface area contributed by atoms with Gasteiger partial charge in [-0.3, -0.25) is 4.90 Å². The monoisotopic (exact) mass is 289 g/mol. The Morgan fingerprint density at radius 1 is 1.24 bits per heavy atom. The maximum Gasteiger partial charge on any atom is 0.226 e. The molecule has 0 saturated carbocycles. The maximum atomic E-state index is 12.9. The van der Waals surface area contributed by atoms with Gasteiger partial charge in [-0.1, -0.05) is 0 Å². The fraction of sp³-hybridized carbons (Fsp3) is 0.438. The lowest BCUT2D eigenvalue weighted by Crippen LogP contribution is -2.54. The van der Waals surface area contributed by atoms with Gasteiger partial charge in [0.2, 0.25) is 5.89 Å². The van der Waals surface area contributed by atoms with Gasteiger partial charge in [0.15, 0.2) is 0 Å². The van der Waals surface area contributed by atoms with Gasteiger partial charge in [-0.15, -0.1) is 0 Å². The van der Waals surface area contributed by atoms with Gasteiger partial charge in [0.25, 0.3) is 0 Å². The maximum absolute atomic E-state index is 12.9. The predicted molar refractivity (Wildman–Crippen MR) is 79.2 cm³/mol. The van der Waals surface area contributed by atoms with Crippen LogP contribution < -0.4 is 5.32 Å². The first-order chi connectivity index (χ1) is 10.1. The zero-order valence-corrected chi connectivity index (χ0v) is 12.3. The molecule has 0 aliphatic carbocycles. The van der Waals surface area contributed by atoms with E-state index in [0.29, 0.717) is 18.0 Å². The smallest absolute Gasteiger partial charge is 0.226 e. The molecule has 2 atom stereocenters. The zero-order chi connectivity index (χ0) is 14.8. The van der Waals surface area contributed by atoms with Crippen molar-refractivity contribution in [2.45, 2.75) is 32.5 Å². The molecule has 2 aromatic rings. The van der Waals surface area contributed by atoms with Crippen molar-refractivity contribution in [1.29, 1.82) is 0 Å². The van der Waals surface area contributed by atoms with Crippen molar-refractivity contribution >= 4 is 0 Å². The summed E-state index contributed by atoms with van der Waals surface area (Å²) in [5, 5.41) is 3.42. The summed E-state index contributed by atoms with van der Waals surface area (Å²) in [5.74, 6) is 0.287. The highest BCUT2D eigenvalue weighted by Crippen LogP contribution is 2.21. The average Bonchev–Trinajstić information content (AvgIpc) is 2.92. The highest BCUT2D eigenvalue weighted by atomic mass is 19.1. The van der Waals surface area contributed by atoms with E-state index in [1.54, 1.807) is 18.4 Å². The van der Waals surface area contributed by atoms with E-state index in [1.165, 1.54) is 12.1 Å². The molecule has 2 unspecified atom stereocenters. The van der Waals surface area contributed by atoms with Crippen molar-refractivity contribution in [1.82, 2.24) is 15.2 Å². The van der Waals surface area contributed by atoms with Gasteiger partial charge in [-0.05, 0) is 38.1 Å². The molecule has 0 bridgehead atoms. The summed E-state index contributed by atoms with van der Waals surface area (Å²) < 4.78 is 18.5. The van der Waals surface area contributed by atoms with Crippen LogP contribution in [0.4, 0.5) is 4.39 Å². The molecule has 5 heteroatoms. The molecule has 0 amide bonds. The first-order valence-electron chi connectivity index (χ1n) is 7.30. The summed E-state index contributed by atoms with van der Waals surface area (Å²) in [6, 6.07) is 7.14. The number of rotatable bonds is 3. The topological polar surface area (TPSA) is 41.3 Å². The second-order valence-electron chi connectivity index (χ2n) is 5.68. The molecule has 1 fully saturated rings. The number of aromatic nitrogens is 1. The first-order valence-corrected chi connectivity index (χ1v) is 7.30. The van der Waals surface area contributed by atoms with E-state index < -0.39 is 0 Å². The highest BCUT2D eigenvalue weighted by Gasteiger charge is 2.25. The summed E-state index contributed by atoms with van der Waals surface area (Å²) in [4.78, 5) is 6.94. The van der Waals surface area contributed by atoms with E-state index in [1.807, 2.05) is 0 Å². The van der Waals surface area contributed by atoms with Crippen molar-refractivity contribution in [3.05, 3.63) is 42.0 Å². The third kappa shape index (κ3) is 3.14. The van der Waals surface area contributed by atoms with Gasteiger partial charge in [-0.2, -0.15) is 0 Å². The van der Waals surface area contributed by atoms with Crippen molar-refractivity contribution in [2.75, 3.05) is 13.1 Å².